The number of carbonyl (C=O) groups excluding carboxylic acids is 1. The second kappa shape index (κ2) is 5.58. The zero-order chi connectivity index (χ0) is 14.8. The molecule has 1 amide bonds. The zero-order valence-electron chi connectivity index (χ0n) is 11.6. The molecule has 1 aromatic rings. The van der Waals surface area contributed by atoms with E-state index < -0.39 is 10.5 Å². The molecule has 6 nitrogen and oxygen atoms in total. The Kier molecular flexibility index (Phi) is 4.04. The number of rotatable bonds is 4. The third-order valence-corrected chi connectivity index (χ3v) is 3.46. The van der Waals surface area contributed by atoms with Gasteiger partial charge in [-0.15, -0.1) is 0 Å². The number of nitro benzene ring substituents is 1. The van der Waals surface area contributed by atoms with E-state index >= 15 is 0 Å². The Hall–Kier alpha value is -1.95. The molecule has 1 heterocycles. The number of hydrogen-bond acceptors (Lipinski definition) is 4. The molecule has 1 unspecified atom stereocenters. The van der Waals surface area contributed by atoms with Gasteiger partial charge in [0.2, 0.25) is 5.91 Å². The average Bonchev–Trinajstić information content (AvgIpc) is 2.92. The molecule has 1 saturated heterocycles. The summed E-state index contributed by atoms with van der Waals surface area (Å²) in [5.41, 5.74) is 0.252. The number of amides is 1. The topological polar surface area (TPSA) is 81.5 Å². The van der Waals surface area contributed by atoms with Gasteiger partial charge >= 0.3 is 0 Å². The van der Waals surface area contributed by atoms with E-state index in [9.17, 15) is 14.9 Å². The Morgan fingerprint density at radius 1 is 1.40 bits per heavy atom. The molecule has 1 fully saturated rings. The lowest BCUT2D eigenvalue weighted by Crippen LogP contribution is -2.45. The maximum absolute atomic E-state index is 12.1. The summed E-state index contributed by atoms with van der Waals surface area (Å²) in [6.07, 6.45) is 1.26. The standard InChI is InChI=1S/C14H18N2O4/c1-14(2,15-13(17)12-4-3-9-20-12)10-5-7-11(8-6-10)16(18)19/h5-8,12H,3-4,9H2,1-2H3,(H,15,17). The summed E-state index contributed by atoms with van der Waals surface area (Å²) < 4.78 is 5.35. The minimum absolute atomic E-state index is 0.0370. The van der Waals surface area contributed by atoms with Crippen molar-refractivity contribution in [3.63, 3.8) is 0 Å². The van der Waals surface area contributed by atoms with Crippen LogP contribution < -0.4 is 5.32 Å². The Balaban J connectivity index is 2.08. The predicted molar refractivity (Wildman–Crippen MR) is 73.2 cm³/mol. The smallest absolute Gasteiger partial charge is 0.269 e. The van der Waals surface area contributed by atoms with Crippen LogP contribution in [0.15, 0.2) is 24.3 Å². The molecule has 0 aromatic heterocycles. The number of nitro groups is 1. The molecular formula is C14H18N2O4. The summed E-state index contributed by atoms with van der Waals surface area (Å²) in [6, 6.07) is 6.20. The molecular weight excluding hydrogens is 260 g/mol. The third kappa shape index (κ3) is 3.14. The van der Waals surface area contributed by atoms with E-state index in [1.54, 1.807) is 12.1 Å². The van der Waals surface area contributed by atoms with E-state index in [0.29, 0.717) is 6.61 Å². The molecule has 1 aliphatic heterocycles. The maximum atomic E-state index is 12.1. The van der Waals surface area contributed by atoms with Gasteiger partial charge in [-0.2, -0.15) is 0 Å². The number of nitrogens with one attached hydrogen (secondary N) is 1. The monoisotopic (exact) mass is 278 g/mol. The number of ether oxygens (including phenoxy) is 1. The van der Waals surface area contributed by atoms with Crippen molar-refractivity contribution in [2.75, 3.05) is 6.61 Å². The highest BCUT2D eigenvalue weighted by Gasteiger charge is 2.30. The first kappa shape index (κ1) is 14.5. The predicted octanol–water partition coefficient (Wildman–Crippen LogP) is 2.13. The fourth-order valence-corrected chi connectivity index (χ4v) is 2.24. The van der Waals surface area contributed by atoms with Crippen LogP contribution >= 0.6 is 0 Å². The lowest BCUT2D eigenvalue weighted by atomic mass is 9.93. The van der Waals surface area contributed by atoms with Gasteiger partial charge in [0, 0.05) is 18.7 Å². The van der Waals surface area contributed by atoms with E-state index in [0.717, 1.165) is 18.4 Å². The second-order valence-electron chi connectivity index (χ2n) is 5.42. The zero-order valence-corrected chi connectivity index (χ0v) is 11.6. The van der Waals surface area contributed by atoms with Gasteiger partial charge in [-0.25, -0.2) is 0 Å². The molecule has 108 valence electrons. The summed E-state index contributed by atoms with van der Waals surface area (Å²) in [6.45, 7) is 4.35. The normalized spacial score (nSPS) is 18.8. The molecule has 0 spiro atoms. The summed E-state index contributed by atoms with van der Waals surface area (Å²) >= 11 is 0. The summed E-state index contributed by atoms with van der Waals surface area (Å²) in [4.78, 5) is 22.3. The Morgan fingerprint density at radius 2 is 2.05 bits per heavy atom. The molecule has 1 aliphatic rings. The molecule has 20 heavy (non-hydrogen) atoms. The minimum atomic E-state index is -0.599. The van der Waals surface area contributed by atoms with Crippen molar-refractivity contribution < 1.29 is 14.5 Å². The first-order chi connectivity index (χ1) is 9.40. The second-order valence-corrected chi connectivity index (χ2v) is 5.42. The van der Waals surface area contributed by atoms with Crippen LogP contribution in [0, 0.1) is 10.1 Å². The lowest BCUT2D eigenvalue weighted by Gasteiger charge is -2.28. The highest BCUT2D eigenvalue weighted by atomic mass is 16.6. The SMILES string of the molecule is CC(C)(NC(=O)C1CCCO1)c1ccc([N+](=O)[O-])cc1. The van der Waals surface area contributed by atoms with Gasteiger partial charge in [0.05, 0.1) is 10.5 Å². The van der Waals surface area contributed by atoms with Crippen LogP contribution in [-0.2, 0) is 15.1 Å². The minimum Gasteiger partial charge on any atom is -0.368 e. The fraction of sp³-hybridized carbons (Fsp3) is 0.500. The number of non-ortho nitro benzene ring substituents is 1. The van der Waals surface area contributed by atoms with Crippen molar-refractivity contribution in [1.82, 2.24) is 5.32 Å². The van der Waals surface area contributed by atoms with Gasteiger partial charge in [-0.1, -0.05) is 0 Å². The number of carbonyl (C=O) groups is 1. The van der Waals surface area contributed by atoms with Gasteiger partial charge < -0.3 is 10.1 Å². The first-order valence-electron chi connectivity index (χ1n) is 6.59. The van der Waals surface area contributed by atoms with Gasteiger partial charge in [0.1, 0.15) is 6.10 Å². The van der Waals surface area contributed by atoms with E-state index in [-0.39, 0.29) is 17.7 Å². The number of nitrogens with zero attached hydrogens (tertiary/aromatic N) is 1. The van der Waals surface area contributed by atoms with Crippen molar-refractivity contribution in [2.24, 2.45) is 0 Å². The third-order valence-electron chi connectivity index (χ3n) is 3.46. The van der Waals surface area contributed by atoms with Gasteiger partial charge in [0.25, 0.3) is 5.69 Å². The molecule has 6 heteroatoms. The van der Waals surface area contributed by atoms with E-state index in [1.807, 2.05) is 13.8 Å². The Morgan fingerprint density at radius 3 is 2.55 bits per heavy atom. The summed E-state index contributed by atoms with van der Waals surface area (Å²) in [5.74, 6) is -0.133. The van der Waals surface area contributed by atoms with Crippen LogP contribution in [0.4, 0.5) is 5.69 Å². The van der Waals surface area contributed by atoms with Crippen molar-refractivity contribution in [1.29, 1.82) is 0 Å². The molecule has 1 aromatic carbocycles. The van der Waals surface area contributed by atoms with Gasteiger partial charge in [-0.05, 0) is 44.4 Å². The highest BCUT2D eigenvalue weighted by molar-refractivity contribution is 5.81. The first-order valence-corrected chi connectivity index (χ1v) is 6.59. The molecule has 0 saturated carbocycles. The van der Waals surface area contributed by atoms with E-state index in [4.69, 9.17) is 4.74 Å². The number of hydrogen-bond donors (Lipinski definition) is 1. The molecule has 0 radical (unpaired) electrons. The molecule has 2 rings (SSSR count). The Bertz CT molecular complexity index is 504. The van der Waals surface area contributed by atoms with Crippen LogP contribution in [0.2, 0.25) is 0 Å². The van der Waals surface area contributed by atoms with E-state index in [2.05, 4.69) is 5.32 Å². The van der Waals surface area contributed by atoms with Crippen molar-refractivity contribution >= 4 is 11.6 Å². The fourth-order valence-electron chi connectivity index (χ4n) is 2.24. The van der Waals surface area contributed by atoms with Crippen LogP contribution in [0.1, 0.15) is 32.3 Å². The Labute approximate surface area is 117 Å². The van der Waals surface area contributed by atoms with E-state index in [1.165, 1.54) is 12.1 Å². The largest absolute Gasteiger partial charge is 0.368 e. The molecule has 1 N–H and O–H groups in total. The highest BCUT2D eigenvalue weighted by Crippen LogP contribution is 2.24. The number of benzene rings is 1. The van der Waals surface area contributed by atoms with Crippen molar-refractivity contribution in [3.05, 3.63) is 39.9 Å². The van der Waals surface area contributed by atoms with Gasteiger partial charge in [-0.3, -0.25) is 14.9 Å². The summed E-state index contributed by atoms with van der Waals surface area (Å²) in [7, 11) is 0. The van der Waals surface area contributed by atoms with Crippen LogP contribution in [0.5, 0.6) is 0 Å². The van der Waals surface area contributed by atoms with Crippen LogP contribution in [-0.4, -0.2) is 23.5 Å². The summed E-state index contributed by atoms with van der Waals surface area (Å²) in [5, 5.41) is 13.6. The lowest BCUT2D eigenvalue weighted by molar-refractivity contribution is -0.384. The molecule has 0 aliphatic carbocycles. The average molecular weight is 278 g/mol. The molecule has 1 atom stereocenters. The maximum Gasteiger partial charge on any atom is 0.269 e. The quantitative estimate of drug-likeness (QED) is 0.675. The van der Waals surface area contributed by atoms with Crippen LogP contribution in [0.25, 0.3) is 0 Å². The van der Waals surface area contributed by atoms with Gasteiger partial charge in [0.15, 0.2) is 0 Å². The molecule has 0 bridgehead atoms. The van der Waals surface area contributed by atoms with Crippen molar-refractivity contribution in [3.8, 4) is 0 Å². The van der Waals surface area contributed by atoms with Crippen molar-refractivity contribution in [2.45, 2.75) is 38.3 Å². The van der Waals surface area contributed by atoms with Crippen LogP contribution in [0.3, 0.4) is 0 Å².